The Labute approximate surface area is 93.0 Å². The Bertz CT molecular complexity index is 384. The van der Waals surface area contributed by atoms with Crippen LogP contribution in [0.4, 0.5) is 15.8 Å². The highest BCUT2D eigenvalue weighted by atomic mass is 19.1. The molecule has 0 bridgehead atoms. The molecule has 16 heavy (non-hydrogen) atoms. The third-order valence-electron chi connectivity index (χ3n) is 2.24. The molecule has 0 aliphatic heterocycles. The predicted octanol–water partition coefficient (Wildman–Crippen LogP) is 1.39. The van der Waals surface area contributed by atoms with Crippen molar-refractivity contribution in [2.24, 2.45) is 0 Å². The molecule has 0 radical (unpaired) electrons. The summed E-state index contributed by atoms with van der Waals surface area (Å²) in [6, 6.07) is 3.45. The van der Waals surface area contributed by atoms with Gasteiger partial charge in [-0.3, -0.25) is 10.1 Å². The van der Waals surface area contributed by atoms with Gasteiger partial charge in [0.2, 0.25) is 0 Å². The van der Waals surface area contributed by atoms with E-state index in [1.165, 1.54) is 12.1 Å². The zero-order chi connectivity index (χ0) is 12.1. The van der Waals surface area contributed by atoms with Crippen molar-refractivity contribution in [2.75, 3.05) is 32.1 Å². The van der Waals surface area contributed by atoms with Crippen molar-refractivity contribution < 1.29 is 9.31 Å². The molecule has 0 fully saturated rings. The second kappa shape index (κ2) is 5.41. The first-order chi connectivity index (χ1) is 7.56. The molecule has 0 saturated carbocycles. The van der Waals surface area contributed by atoms with Crippen LogP contribution in [0.25, 0.3) is 0 Å². The molecule has 5 nitrogen and oxygen atoms in total. The maximum atomic E-state index is 13.0. The molecular formula is C10H14FN3O2. The summed E-state index contributed by atoms with van der Waals surface area (Å²) < 4.78 is 13.0. The normalized spacial score (nSPS) is 10.2. The van der Waals surface area contributed by atoms with Gasteiger partial charge in [0.25, 0.3) is 5.69 Å². The molecule has 0 atom stereocenters. The van der Waals surface area contributed by atoms with Crippen LogP contribution < -0.4 is 10.2 Å². The Kier molecular flexibility index (Phi) is 4.19. The molecule has 1 N–H and O–H groups in total. The van der Waals surface area contributed by atoms with Gasteiger partial charge in [-0.05, 0) is 13.1 Å². The predicted molar refractivity (Wildman–Crippen MR) is 60.3 cm³/mol. The lowest BCUT2D eigenvalue weighted by Crippen LogP contribution is -2.27. The summed E-state index contributed by atoms with van der Waals surface area (Å²) in [6.45, 7) is 1.24. The van der Waals surface area contributed by atoms with Crippen molar-refractivity contribution in [3.63, 3.8) is 0 Å². The van der Waals surface area contributed by atoms with Crippen molar-refractivity contribution in [1.29, 1.82) is 0 Å². The number of nitro groups is 1. The smallest absolute Gasteiger partial charge is 0.292 e. The summed E-state index contributed by atoms with van der Waals surface area (Å²) >= 11 is 0. The topological polar surface area (TPSA) is 58.4 Å². The number of likely N-dealkylation sites (N-methyl/N-ethyl adjacent to an activating group) is 2. The van der Waals surface area contributed by atoms with Crippen LogP contribution in [0.3, 0.4) is 0 Å². The zero-order valence-electron chi connectivity index (χ0n) is 9.24. The van der Waals surface area contributed by atoms with Gasteiger partial charge in [-0.1, -0.05) is 0 Å². The Morgan fingerprint density at radius 3 is 2.81 bits per heavy atom. The summed E-state index contributed by atoms with van der Waals surface area (Å²) in [4.78, 5) is 11.9. The Hall–Kier alpha value is -1.69. The van der Waals surface area contributed by atoms with Gasteiger partial charge >= 0.3 is 0 Å². The van der Waals surface area contributed by atoms with Crippen LogP contribution in [-0.4, -0.2) is 32.1 Å². The molecule has 0 heterocycles. The van der Waals surface area contributed by atoms with Crippen LogP contribution in [0.2, 0.25) is 0 Å². The molecule has 6 heteroatoms. The maximum absolute atomic E-state index is 13.0. The molecule has 0 aliphatic carbocycles. The number of nitro benzene ring substituents is 1. The van der Waals surface area contributed by atoms with Crippen LogP contribution in [0.15, 0.2) is 18.2 Å². The van der Waals surface area contributed by atoms with Gasteiger partial charge in [-0.25, -0.2) is 4.39 Å². The molecule has 0 saturated heterocycles. The van der Waals surface area contributed by atoms with Crippen molar-refractivity contribution >= 4 is 11.4 Å². The lowest BCUT2D eigenvalue weighted by molar-refractivity contribution is -0.384. The zero-order valence-corrected chi connectivity index (χ0v) is 9.24. The van der Waals surface area contributed by atoms with E-state index >= 15 is 0 Å². The molecular weight excluding hydrogens is 213 g/mol. The lowest BCUT2D eigenvalue weighted by Gasteiger charge is -2.18. The fourth-order valence-corrected chi connectivity index (χ4v) is 1.36. The van der Waals surface area contributed by atoms with Crippen LogP contribution >= 0.6 is 0 Å². The number of hydrogen-bond donors (Lipinski definition) is 1. The average molecular weight is 227 g/mol. The fourth-order valence-electron chi connectivity index (χ4n) is 1.36. The number of nitrogens with one attached hydrogen (secondary N) is 1. The highest BCUT2D eigenvalue weighted by Gasteiger charge is 2.17. The SMILES string of the molecule is CNCCN(C)c1cc(F)ccc1[N+](=O)[O-]. The molecule has 0 spiro atoms. The minimum absolute atomic E-state index is 0.0833. The number of rotatable bonds is 5. The monoisotopic (exact) mass is 227 g/mol. The number of hydrogen-bond acceptors (Lipinski definition) is 4. The van der Waals surface area contributed by atoms with Crippen LogP contribution in [0, 0.1) is 15.9 Å². The van der Waals surface area contributed by atoms with E-state index in [9.17, 15) is 14.5 Å². The Morgan fingerprint density at radius 2 is 2.25 bits per heavy atom. The third-order valence-corrected chi connectivity index (χ3v) is 2.24. The average Bonchev–Trinajstić information content (AvgIpc) is 2.25. The highest BCUT2D eigenvalue weighted by Crippen LogP contribution is 2.27. The van der Waals surface area contributed by atoms with Crippen molar-refractivity contribution in [1.82, 2.24) is 5.32 Å². The summed E-state index contributed by atoms with van der Waals surface area (Å²) in [5.74, 6) is -0.475. The van der Waals surface area contributed by atoms with E-state index in [0.717, 1.165) is 6.07 Å². The van der Waals surface area contributed by atoms with E-state index in [4.69, 9.17) is 0 Å². The number of benzene rings is 1. The highest BCUT2D eigenvalue weighted by molar-refractivity contribution is 5.62. The minimum Gasteiger partial charge on any atom is -0.368 e. The Balaban J connectivity index is 2.99. The van der Waals surface area contributed by atoms with Crippen LogP contribution in [0.5, 0.6) is 0 Å². The maximum Gasteiger partial charge on any atom is 0.292 e. The first kappa shape index (κ1) is 12.4. The lowest BCUT2D eigenvalue weighted by atomic mass is 10.2. The van der Waals surface area contributed by atoms with Crippen molar-refractivity contribution in [3.05, 3.63) is 34.1 Å². The number of anilines is 1. The minimum atomic E-state index is -0.509. The standard InChI is InChI=1S/C10H14FN3O2/c1-12-5-6-13(2)10-7-8(11)3-4-9(10)14(15)16/h3-4,7,12H,5-6H2,1-2H3. The first-order valence-corrected chi connectivity index (χ1v) is 4.86. The summed E-state index contributed by atoms with van der Waals surface area (Å²) in [5.41, 5.74) is 0.209. The van der Waals surface area contributed by atoms with Gasteiger partial charge < -0.3 is 10.2 Å². The van der Waals surface area contributed by atoms with Gasteiger partial charge in [-0.2, -0.15) is 0 Å². The fraction of sp³-hybridized carbons (Fsp3) is 0.400. The van der Waals surface area contributed by atoms with E-state index in [-0.39, 0.29) is 5.69 Å². The first-order valence-electron chi connectivity index (χ1n) is 4.86. The van der Waals surface area contributed by atoms with Crippen molar-refractivity contribution in [3.8, 4) is 0 Å². The largest absolute Gasteiger partial charge is 0.368 e. The van der Waals surface area contributed by atoms with Crippen LogP contribution in [-0.2, 0) is 0 Å². The molecule has 0 unspecified atom stereocenters. The van der Waals surface area contributed by atoms with E-state index in [2.05, 4.69) is 5.32 Å². The van der Waals surface area contributed by atoms with Gasteiger partial charge in [0.05, 0.1) is 4.92 Å². The molecule has 0 aliphatic rings. The second-order valence-corrected chi connectivity index (χ2v) is 3.42. The summed E-state index contributed by atoms with van der Waals surface area (Å²) in [7, 11) is 3.48. The number of halogens is 1. The van der Waals surface area contributed by atoms with E-state index in [0.29, 0.717) is 18.8 Å². The van der Waals surface area contributed by atoms with E-state index in [1.54, 1.807) is 19.0 Å². The molecule has 88 valence electrons. The summed E-state index contributed by atoms with van der Waals surface area (Å²) in [5, 5.41) is 13.7. The molecule has 1 aromatic rings. The van der Waals surface area contributed by atoms with Gasteiger partial charge in [0, 0.05) is 32.3 Å². The van der Waals surface area contributed by atoms with Gasteiger partial charge in [0.15, 0.2) is 0 Å². The van der Waals surface area contributed by atoms with Crippen LogP contribution in [0.1, 0.15) is 0 Å². The molecule has 0 amide bonds. The summed E-state index contributed by atoms with van der Waals surface area (Å²) in [6.07, 6.45) is 0. The van der Waals surface area contributed by atoms with Gasteiger partial charge in [0.1, 0.15) is 11.5 Å². The second-order valence-electron chi connectivity index (χ2n) is 3.42. The molecule has 0 aromatic heterocycles. The Morgan fingerprint density at radius 1 is 1.56 bits per heavy atom. The quantitative estimate of drug-likeness (QED) is 0.610. The molecule has 1 rings (SSSR count). The van der Waals surface area contributed by atoms with E-state index < -0.39 is 10.7 Å². The number of nitrogens with zero attached hydrogens (tertiary/aromatic N) is 2. The molecule has 1 aromatic carbocycles. The van der Waals surface area contributed by atoms with E-state index in [1.807, 2.05) is 0 Å². The third kappa shape index (κ3) is 2.90. The van der Waals surface area contributed by atoms with Gasteiger partial charge in [-0.15, -0.1) is 0 Å². The van der Waals surface area contributed by atoms with Crippen molar-refractivity contribution in [2.45, 2.75) is 0 Å².